The Morgan fingerprint density at radius 3 is 2.27 bits per heavy atom. The number of nitrogens with zero attached hydrogens (tertiary/aromatic N) is 1. The van der Waals surface area contributed by atoms with Gasteiger partial charge in [0.1, 0.15) is 0 Å². The van der Waals surface area contributed by atoms with Crippen LogP contribution in [0.3, 0.4) is 0 Å². The Bertz CT molecular complexity index is 679. The number of anilines is 1. The molecule has 2 aliphatic rings. The second-order valence-corrected chi connectivity index (χ2v) is 6.65. The standard InChI is InChI=1S/C19H22N2O5/c22-16(20-13-6-2-1-3-7-13)12-26-17(23)10-11-21-18(24)14-8-4-5-9-15(14)19(21)25/h1-3,6-7,14-15H,4-5,8-12H2,(H,20,22)/t14-,15+. The van der Waals surface area contributed by atoms with Crippen molar-refractivity contribution in [2.45, 2.75) is 32.1 Å². The van der Waals surface area contributed by atoms with Gasteiger partial charge < -0.3 is 10.1 Å². The van der Waals surface area contributed by atoms with E-state index in [1.54, 1.807) is 24.3 Å². The van der Waals surface area contributed by atoms with Crippen LogP contribution in [0.1, 0.15) is 32.1 Å². The number of hydrogen-bond acceptors (Lipinski definition) is 5. The topological polar surface area (TPSA) is 92.8 Å². The molecule has 3 rings (SSSR count). The number of fused-ring (bicyclic) bond motifs is 1. The van der Waals surface area contributed by atoms with Crippen molar-refractivity contribution < 1.29 is 23.9 Å². The maximum Gasteiger partial charge on any atom is 0.308 e. The molecule has 2 fully saturated rings. The van der Waals surface area contributed by atoms with Gasteiger partial charge >= 0.3 is 5.97 Å². The normalized spacial score (nSPS) is 22.1. The van der Waals surface area contributed by atoms with Crippen LogP contribution in [0.15, 0.2) is 30.3 Å². The van der Waals surface area contributed by atoms with E-state index in [1.165, 1.54) is 4.90 Å². The molecule has 1 saturated carbocycles. The van der Waals surface area contributed by atoms with E-state index >= 15 is 0 Å². The average Bonchev–Trinajstić information content (AvgIpc) is 2.90. The van der Waals surface area contributed by atoms with Crippen molar-refractivity contribution in [3.63, 3.8) is 0 Å². The molecule has 3 amide bonds. The van der Waals surface area contributed by atoms with E-state index in [0.29, 0.717) is 5.69 Å². The summed E-state index contributed by atoms with van der Waals surface area (Å²) in [6.45, 7) is -0.384. The second-order valence-electron chi connectivity index (χ2n) is 6.65. The molecule has 1 aliphatic carbocycles. The lowest BCUT2D eigenvalue weighted by Crippen LogP contribution is -2.33. The first kappa shape index (κ1) is 18.1. The summed E-state index contributed by atoms with van der Waals surface area (Å²) < 4.78 is 4.92. The highest BCUT2D eigenvalue weighted by Gasteiger charge is 2.47. The molecule has 1 aromatic rings. The zero-order chi connectivity index (χ0) is 18.5. The van der Waals surface area contributed by atoms with Crippen LogP contribution >= 0.6 is 0 Å². The summed E-state index contributed by atoms with van der Waals surface area (Å²) in [6.07, 6.45) is 3.32. The van der Waals surface area contributed by atoms with Crippen molar-refractivity contribution in [3.05, 3.63) is 30.3 Å². The molecule has 1 heterocycles. The third-order valence-electron chi connectivity index (χ3n) is 4.89. The summed E-state index contributed by atoms with van der Waals surface area (Å²) in [7, 11) is 0. The third-order valence-corrected chi connectivity index (χ3v) is 4.89. The van der Waals surface area contributed by atoms with Crippen LogP contribution in [-0.4, -0.2) is 41.7 Å². The Morgan fingerprint density at radius 2 is 1.65 bits per heavy atom. The highest BCUT2D eigenvalue weighted by atomic mass is 16.5. The molecule has 26 heavy (non-hydrogen) atoms. The number of esters is 1. The highest BCUT2D eigenvalue weighted by Crippen LogP contribution is 2.37. The fourth-order valence-electron chi connectivity index (χ4n) is 3.59. The van der Waals surface area contributed by atoms with Crippen LogP contribution < -0.4 is 5.32 Å². The molecular weight excluding hydrogens is 336 g/mol. The van der Waals surface area contributed by atoms with Gasteiger partial charge in [-0.05, 0) is 25.0 Å². The number of carbonyl (C=O) groups is 4. The number of likely N-dealkylation sites (tertiary alicyclic amines) is 1. The minimum absolute atomic E-state index is 0.0177. The molecule has 138 valence electrons. The molecule has 0 bridgehead atoms. The van der Waals surface area contributed by atoms with Crippen molar-refractivity contribution in [1.29, 1.82) is 0 Å². The molecule has 7 heteroatoms. The van der Waals surface area contributed by atoms with E-state index in [1.807, 2.05) is 6.07 Å². The molecule has 0 aromatic heterocycles. The number of hydrogen-bond donors (Lipinski definition) is 1. The SMILES string of the molecule is O=C(COC(=O)CCN1C(=O)[C@H]2CCCC[C@H]2C1=O)Nc1ccccc1. The molecule has 0 spiro atoms. The molecule has 2 atom stereocenters. The number of benzene rings is 1. The fourth-order valence-corrected chi connectivity index (χ4v) is 3.59. The van der Waals surface area contributed by atoms with Crippen LogP contribution in [-0.2, 0) is 23.9 Å². The Kier molecular flexibility index (Phi) is 5.65. The van der Waals surface area contributed by atoms with Gasteiger partial charge in [0, 0.05) is 12.2 Å². The number of carbonyl (C=O) groups excluding carboxylic acids is 4. The van der Waals surface area contributed by atoms with Crippen molar-refractivity contribution in [2.24, 2.45) is 11.8 Å². The Morgan fingerprint density at radius 1 is 1.04 bits per heavy atom. The van der Waals surface area contributed by atoms with Gasteiger partial charge in [-0.25, -0.2) is 0 Å². The molecule has 1 saturated heterocycles. The number of nitrogens with one attached hydrogen (secondary N) is 1. The zero-order valence-corrected chi connectivity index (χ0v) is 14.5. The van der Waals surface area contributed by atoms with Gasteiger partial charge in [0.25, 0.3) is 5.91 Å². The van der Waals surface area contributed by atoms with Gasteiger partial charge in [-0.2, -0.15) is 0 Å². The van der Waals surface area contributed by atoms with Gasteiger partial charge in [-0.3, -0.25) is 24.1 Å². The first-order valence-corrected chi connectivity index (χ1v) is 8.92. The van der Waals surface area contributed by atoms with Crippen molar-refractivity contribution in [1.82, 2.24) is 4.90 Å². The van der Waals surface area contributed by atoms with Gasteiger partial charge in [0.2, 0.25) is 11.8 Å². The van der Waals surface area contributed by atoms with Gasteiger partial charge in [0.15, 0.2) is 6.61 Å². The van der Waals surface area contributed by atoms with E-state index in [9.17, 15) is 19.2 Å². The van der Waals surface area contributed by atoms with Crippen LogP contribution in [0.2, 0.25) is 0 Å². The molecule has 0 unspecified atom stereocenters. The monoisotopic (exact) mass is 358 g/mol. The van der Waals surface area contributed by atoms with E-state index in [2.05, 4.69) is 5.32 Å². The number of imide groups is 1. The lowest BCUT2D eigenvalue weighted by molar-refractivity contribution is -0.148. The van der Waals surface area contributed by atoms with Gasteiger partial charge in [-0.1, -0.05) is 31.0 Å². The Hall–Kier alpha value is -2.70. The lowest BCUT2D eigenvalue weighted by Gasteiger charge is -2.19. The van der Waals surface area contributed by atoms with Crippen molar-refractivity contribution in [3.8, 4) is 0 Å². The number of para-hydroxylation sites is 1. The minimum Gasteiger partial charge on any atom is -0.456 e. The van der Waals surface area contributed by atoms with E-state index in [-0.39, 0.29) is 36.6 Å². The summed E-state index contributed by atoms with van der Waals surface area (Å²) in [5, 5.41) is 2.61. The number of amides is 3. The van der Waals surface area contributed by atoms with Crippen molar-refractivity contribution in [2.75, 3.05) is 18.5 Å². The minimum atomic E-state index is -0.608. The first-order valence-electron chi connectivity index (χ1n) is 8.92. The molecule has 1 aliphatic heterocycles. The molecule has 0 radical (unpaired) electrons. The predicted molar refractivity (Wildman–Crippen MR) is 92.8 cm³/mol. The van der Waals surface area contributed by atoms with Crippen LogP contribution in [0.4, 0.5) is 5.69 Å². The third kappa shape index (κ3) is 4.09. The molecule has 7 nitrogen and oxygen atoms in total. The van der Waals surface area contributed by atoms with Crippen LogP contribution in [0.25, 0.3) is 0 Å². The zero-order valence-electron chi connectivity index (χ0n) is 14.5. The fraction of sp³-hybridized carbons (Fsp3) is 0.474. The Balaban J connectivity index is 1.42. The Labute approximate surface area is 151 Å². The summed E-state index contributed by atoms with van der Waals surface area (Å²) in [6, 6.07) is 8.84. The number of ether oxygens (including phenoxy) is 1. The molecule has 1 N–H and O–H groups in total. The molecular formula is C19H22N2O5. The average molecular weight is 358 g/mol. The number of rotatable bonds is 6. The highest BCUT2D eigenvalue weighted by molar-refractivity contribution is 6.05. The van der Waals surface area contributed by atoms with E-state index < -0.39 is 18.5 Å². The lowest BCUT2D eigenvalue weighted by atomic mass is 9.81. The van der Waals surface area contributed by atoms with Crippen molar-refractivity contribution >= 4 is 29.4 Å². The largest absolute Gasteiger partial charge is 0.456 e. The van der Waals surface area contributed by atoms with Crippen LogP contribution in [0.5, 0.6) is 0 Å². The molecule has 1 aromatic carbocycles. The second kappa shape index (κ2) is 8.12. The maximum atomic E-state index is 12.3. The quantitative estimate of drug-likeness (QED) is 0.618. The summed E-state index contributed by atoms with van der Waals surface area (Å²) in [5.74, 6) is -1.83. The van der Waals surface area contributed by atoms with E-state index in [0.717, 1.165) is 25.7 Å². The van der Waals surface area contributed by atoms with Gasteiger partial charge in [0.05, 0.1) is 18.3 Å². The first-order chi connectivity index (χ1) is 12.6. The summed E-state index contributed by atoms with van der Waals surface area (Å²) >= 11 is 0. The summed E-state index contributed by atoms with van der Waals surface area (Å²) in [5.41, 5.74) is 0.615. The van der Waals surface area contributed by atoms with Gasteiger partial charge in [-0.15, -0.1) is 0 Å². The van der Waals surface area contributed by atoms with E-state index in [4.69, 9.17) is 4.74 Å². The predicted octanol–water partition coefficient (Wildman–Crippen LogP) is 1.73. The maximum absolute atomic E-state index is 12.3. The van der Waals surface area contributed by atoms with Crippen LogP contribution in [0, 0.1) is 11.8 Å². The smallest absolute Gasteiger partial charge is 0.308 e. The summed E-state index contributed by atoms with van der Waals surface area (Å²) in [4.78, 5) is 49.4.